The minimum Gasteiger partial charge on any atom is -0.300 e. The van der Waals surface area contributed by atoms with Crippen molar-refractivity contribution in [1.29, 1.82) is 0 Å². The molecular weight excluding hydrogens is 136 g/mol. The summed E-state index contributed by atoms with van der Waals surface area (Å²) in [6.45, 7) is 2.17. The van der Waals surface area contributed by atoms with Crippen molar-refractivity contribution in [3.63, 3.8) is 0 Å². The largest absolute Gasteiger partial charge is 0.300 e. The van der Waals surface area contributed by atoms with Crippen LogP contribution >= 0.6 is 0 Å². The van der Waals surface area contributed by atoms with Crippen molar-refractivity contribution < 1.29 is 4.79 Å². The summed E-state index contributed by atoms with van der Waals surface area (Å²) in [7, 11) is 0. The van der Waals surface area contributed by atoms with E-state index in [0.29, 0.717) is 11.7 Å². The normalized spacial score (nSPS) is 23.5. The molecule has 0 spiro atoms. The molecule has 1 heteroatoms. The average molecular weight is 152 g/mol. The molecule has 1 aliphatic carbocycles. The molecule has 0 N–H and O–H groups in total. The summed E-state index contributed by atoms with van der Waals surface area (Å²) in [6.07, 6.45) is 13.3. The lowest BCUT2D eigenvalue weighted by molar-refractivity contribution is -0.121. The van der Waals surface area contributed by atoms with Gasteiger partial charge < -0.3 is 0 Å². The number of carbonyl (C=O) groups is 1. The van der Waals surface area contributed by atoms with E-state index in [1.165, 1.54) is 12.8 Å². The van der Waals surface area contributed by atoms with Crippen LogP contribution in [0.25, 0.3) is 0 Å². The maximum atomic E-state index is 10.8. The number of carbonyl (C=O) groups excluding carboxylic acids is 1. The van der Waals surface area contributed by atoms with Crippen LogP contribution in [-0.4, -0.2) is 5.78 Å². The van der Waals surface area contributed by atoms with Gasteiger partial charge in [0, 0.05) is 12.8 Å². The Balaban J connectivity index is 0.000000461. The summed E-state index contributed by atoms with van der Waals surface area (Å²) in [5.41, 5.74) is 0. The quantitative estimate of drug-likeness (QED) is 0.527. The van der Waals surface area contributed by atoms with E-state index in [2.05, 4.69) is 19.8 Å². The third-order valence-electron chi connectivity index (χ3n) is 2.16. The molecule has 0 aliphatic heterocycles. The Labute approximate surface area is 69.2 Å². The number of hydrogen-bond donors (Lipinski definition) is 0. The second-order valence-corrected chi connectivity index (χ2v) is 2.91. The van der Waals surface area contributed by atoms with Gasteiger partial charge in [-0.3, -0.25) is 4.79 Å². The van der Waals surface area contributed by atoms with Crippen LogP contribution in [0.15, 0.2) is 0 Å². The fourth-order valence-electron chi connectivity index (χ4n) is 1.46. The number of ketones is 1. The molecule has 11 heavy (non-hydrogen) atoms. The first-order valence-electron chi connectivity index (χ1n) is 4.18. The minimum atomic E-state index is 0.480. The van der Waals surface area contributed by atoms with Crippen molar-refractivity contribution >= 4 is 5.78 Å². The van der Waals surface area contributed by atoms with Crippen LogP contribution in [0.5, 0.6) is 0 Å². The number of hydrogen-bond acceptors (Lipinski definition) is 1. The number of terminal acetylenes is 1. The molecule has 0 unspecified atom stereocenters. The molecule has 0 saturated heterocycles. The van der Waals surface area contributed by atoms with E-state index >= 15 is 0 Å². The molecule has 0 bridgehead atoms. The molecule has 0 amide bonds. The molecule has 0 heterocycles. The predicted molar refractivity (Wildman–Crippen MR) is 47.1 cm³/mol. The minimum absolute atomic E-state index is 0.480. The summed E-state index contributed by atoms with van der Waals surface area (Å²) >= 11 is 0. The summed E-state index contributed by atoms with van der Waals surface area (Å²) in [6, 6.07) is 0. The predicted octanol–water partition coefficient (Wildman–Crippen LogP) is 2.41. The Morgan fingerprint density at radius 1 is 1.55 bits per heavy atom. The van der Waals surface area contributed by atoms with E-state index in [-0.39, 0.29) is 0 Å². The lowest BCUT2D eigenvalue weighted by atomic mass is 9.87. The van der Waals surface area contributed by atoms with Crippen LogP contribution in [0.3, 0.4) is 0 Å². The van der Waals surface area contributed by atoms with Crippen molar-refractivity contribution in [2.75, 3.05) is 0 Å². The first-order valence-corrected chi connectivity index (χ1v) is 4.18. The van der Waals surface area contributed by atoms with Gasteiger partial charge in [0.1, 0.15) is 5.78 Å². The molecule has 0 aromatic carbocycles. The van der Waals surface area contributed by atoms with Gasteiger partial charge in [-0.2, -0.15) is 0 Å². The standard InChI is InChI=1S/C8H14O.C2H2/c1-2-7-4-3-5-8(9)6-7;1-2/h7H,2-6H2,1H3;1-2H/t7-;/m0./s1. The van der Waals surface area contributed by atoms with E-state index < -0.39 is 0 Å². The van der Waals surface area contributed by atoms with E-state index in [4.69, 9.17) is 0 Å². The average Bonchev–Trinajstić information content (AvgIpc) is 2.08. The molecule has 1 rings (SSSR count). The third kappa shape index (κ3) is 3.83. The SMILES string of the molecule is C#C.CC[C@H]1CCCC(=O)C1. The van der Waals surface area contributed by atoms with Gasteiger partial charge in [0.2, 0.25) is 0 Å². The number of rotatable bonds is 1. The van der Waals surface area contributed by atoms with Crippen LogP contribution in [0, 0.1) is 18.8 Å². The highest BCUT2D eigenvalue weighted by Crippen LogP contribution is 2.23. The first-order chi connectivity index (χ1) is 5.33. The molecule has 0 aromatic rings. The van der Waals surface area contributed by atoms with Crippen LogP contribution < -0.4 is 0 Å². The van der Waals surface area contributed by atoms with Gasteiger partial charge in [0.05, 0.1) is 0 Å². The van der Waals surface area contributed by atoms with Gasteiger partial charge in [-0.25, -0.2) is 0 Å². The Kier molecular flexibility index (Phi) is 5.56. The zero-order chi connectivity index (χ0) is 8.69. The molecule has 1 aliphatic rings. The molecule has 1 atom stereocenters. The Morgan fingerprint density at radius 2 is 2.18 bits per heavy atom. The summed E-state index contributed by atoms with van der Waals surface area (Å²) in [5.74, 6) is 1.19. The topological polar surface area (TPSA) is 17.1 Å². The highest BCUT2D eigenvalue weighted by molar-refractivity contribution is 5.79. The van der Waals surface area contributed by atoms with Gasteiger partial charge in [-0.15, -0.1) is 12.8 Å². The van der Waals surface area contributed by atoms with E-state index in [1.807, 2.05) is 0 Å². The van der Waals surface area contributed by atoms with Gasteiger partial charge in [-0.1, -0.05) is 13.3 Å². The fourth-order valence-corrected chi connectivity index (χ4v) is 1.46. The molecule has 0 radical (unpaired) electrons. The van der Waals surface area contributed by atoms with Crippen LogP contribution in [0.2, 0.25) is 0 Å². The summed E-state index contributed by atoms with van der Waals surface area (Å²) < 4.78 is 0. The van der Waals surface area contributed by atoms with Gasteiger partial charge >= 0.3 is 0 Å². The summed E-state index contributed by atoms with van der Waals surface area (Å²) in [5, 5.41) is 0. The lowest BCUT2D eigenvalue weighted by Crippen LogP contribution is -2.13. The zero-order valence-corrected chi connectivity index (χ0v) is 7.18. The highest BCUT2D eigenvalue weighted by atomic mass is 16.1. The Bertz CT molecular complexity index is 135. The zero-order valence-electron chi connectivity index (χ0n) is 7.18. The van der Waals surface area contributed by atoms with Crippen molar-refractivity contribution in [2.45, 2.75) is 39.0 Å². The van der Waals surface area contributed by atoms with Crippen molar-refractivity contribution in [1.82, 2.24) is 0 Å². The van der Waals surface area contributed by atoms with Crippen molar-refractivity contribution in [3.8, 4) is 12.8 Å². The van der Waals surface area contributed by atoms with E-state index in [0.717, 1.165) is 19.3 Å². The molecular formula is C10H16O. The molecule has 0 aromatic heterocycles. The van der Waals surface area contributed by atoms with E-state index in [1.54, 1.807) is 0 Å². The summed E-state index contributed by atoms with van der Waals surface area (Å²) in [4.78, 5) is 10.8. The van der Waals surface area contributed by atoms with E-state index in [9.17, 15) is 4.79 Å². The van der Waals surface area contributed by atoms with Crippen LogP contribution in [0.1, 0.15) is 39.0 Å². The van der Waals surface area contributed by atoms with Crippen molar-refractivity contribution in [2.24, 2.45) is 5.92 Å². The van der Waals surface area contributed by atoms with Gasteiger partial charge in [0.15, 0.2) is 0 Å². The maximum absolute atomic E-state index is 10.8. The third-order valence-corrected chi connectivity index (χ3v) is 2.16. The van der Waals surface area contributed by atoms with Crippen LogP contribution in [-0.2, 0) is 4.79 Å². The van der Waals surface area contributed by atoms with Gasteiger partial charge in [0.25, 0.3) is 0 Å². The molecule has 1 fully saturated rings. The Hall–Kier alpha value is -0.770. The van der Waals surface area contributed by atoms with Crippen molar-refractivity contribution in [3.05, 3.63) is 0 Å². The van der Waals surface area contributed by atoms with Gasteiger partial charge in [-0.05, 0) is 18.8 Å². The fraction of sp³-hybridized carbons (Fsp3) is 0.700. The second kappa shape index (κ2) is 5.97. The lowest BCUT2D eigenvalue weighted by Gasteiger charge is -2.18. The monoisotopic (exact) mass is 152 g/mol. The first kappa shape index (κ1) is 10.2. The Morgan fingerprint density at radius 3 is 2.55 bits per heavy atom. The maximum Gasteiger partial charge on any atom is 0.133 e. The molecule has 1 saturated carbocycles. The molecule has 62 valence electrons. The highest BCUT2D eigenvalue weighted by Gasteiger charge is 2.16. The smallest absolute Gasteiger partial charge is 0.133 e. The molecule has 1 nitrogen and oxygen atoms in total. The van der Waals surface area contributed by atoms with Crippen LogP contribution in [0.4, 0.5) is 0 Å². The number of Topliss-reactive ketones (excluding diaryl/α,β-unsaturated/α-hetero) is 1. The second-order valence-electron chi connectivity index (χ2n) is 2.91.